The average Bonchev–Trinajstić information content (AvgIpc) is 2.51. The minimum Gasteiger partial charge on any atom is -0.491 e. The Morgan fingerprint density at radius 2 is 1.68 bits per heavy atom. The number of aliphatic hydroxyl groups is 1. The van der Waals surface area contributed by atoms with Gasteiger partial charge in [-0.05, 0) is 36.4 Å². The molecule has 0 spiro atoms. The molecule has 1 atom stereocenters. The highest BCUT2D eigenvalue weighted by Crippen LogP contribution is 2.14. The van der Waals surface area contributed by atoms with Crippen LogP contribution in [0.5, 0.6) is 5.75 Å². The lowest BCUT2D eigenvalue weighted by atomic mass is 10.3. The minimum atomic E-state index is -4.19. The van der Waals surface area contributed by atoms with Crippen LogP contribution in [-0.4, -0.2) is 37.3 Å². The number of aliphatic hydroxyl groups excluding tert-OH is 1. The van der Waals surface area contributed by atoms with E-state index in [9.17, 15) is 13.5 Å². The van der Waals surface area contributed by atoms with E-state index in [0.717, 1.165) is 0 Å². The summed E-state index contributed by atoms with van der Waals surface area (Å²) >= 11 is 0. The minimum absolute atomic E-state index is 0.139. The Morgan fingerprint density at radius 3 is 2.27 bits per heavy atom. The zero-order chi connectivity index (χ0) is 16.0. The van der Waals surface area contributed by atoms with Crippen molar-refractivity contribution in [1.29, 1.82) is 0 Å². The van der Waals surface area contributed by atoms with E-state index in [2.05, 4.69) is 5.32 Å². The van der Waals surface area contributed by atoms with Crippen molar-refractivity contribution in [3.8, 4) is 5.75 Å². The number of ether oxygens (including phenoxy) is 1. The summed E-state index contributed by atoms with van der Waals surface area (Å²) < 4.78 is 36.1. The van der Waals surface area contributed by atoms with Gasteiger partial charge in [-0.15, -0.1) is 0 Å². The van der Waals surface area contributed by atoms with Gasteiger partial charge in [-0.2, -0.15) is 8.42 Å². The number of benzene rings is 2. The van der Waals surface area contributed by atoms with Gasteiger partial charge in [0.15, 0.2) is 0 Å². The van der Waals surface area contributed by atoms with Gasteiger partial charge in [0.05, 0.1) is 4.90 Å². The summed E-state index contributed by atoms with van der Waals surface area (Å²) in [4.78, 5) is -0.175. The summed E-state index contributed by atoms with van der Waals surface area (Å²) in [6, 6.07) is 14.7. The molecule has 7 heteroatoms. The predicted octanol–water partition coefficient (Wildman–Crippen LogP) is 1.79. The fraction of sp³-hybridized carbons (Fsp3) is 0.200. The molecule has 2 rings (SSSR count). The first-order chi connectivity index (χ1) is 10.4. The normalized spacial score (nSPS) is 12.6. The third-order valence-corrected chi connectivity index (χ3v) is 3.75. The van der Waals surface area contributed by atoms with Crippen molar-refractivity contribution in [3.05, 3.63) is 54.6 Å². The standard InChI is InChI=1S/C15H17NO5S/c17-13(11-21-14-4-2-1-3-5-14)10-16-12-6-8-15(9-7-12)22(18,19)20/h1-9,13,16-17H,10-11H2,(H,18,19,20)/t13-/m1/s1. The van der Waals surface area contributed by atoms with E-state index in [1.54, 1.807) is 12.1 Å². The molecule has 0 aromatic heterocycles. The van der Waals surface area contributed by atoms with Crippen molar-refractivity contribution >= 4 is 15.8 Å². The van der Waals surface area contributed by atoms with Gasteiger partial charge in [0.2, 0.25) is 0 Å². The zero-order valence-electron chi connectivity index (χ0n) is 11.7. The monoisotopic (exact) mass is 323 g/mol. The Morgan fingerprint density at radius 1 is 1.05 bits per heavy atom. The molecule has 0 radical (unpaired) electrons. The SMILES string of the molecule is O=S(=O)(O)c1ccc(NC[C@@H](O)COc2ccccc2)cc1. The molecule has 0 aliphatic rings. The average molecular weight is 323 g/mol. The van der Waals surface area contributed by atoms with Gasteiger partial charge in [0, 0.05) is 12.2 Å². The molecule has 0 fully saturated rings. The van der Waals surface area contributed by atoms with Crippen LogP contribution in [0.25, 0.3) is 0 Å². The van der Waals surface area contributed by atoms with Gasteiger partial charge >= 0.3 is 0 Å². The van der Waals surface area contributed by atoms with Crippen molar-refractivity contribution in [2.45, 2.75) is 11.0 Å². The van der Waals surface area contributed by atoms with Gasteiger partial charge in [-0.3, -0.25) is 4.55 Å². The molecule has 0 aliphatic carbocycles. The first kappa shape index (κ1) is 16.3. The van der Waals surface area contributed by atoms with Crippen molar-refractivity contribution in [2.75, 3.05) is 18.5 Å². The molecular weight excluding hydrogens is 306 g/mol. The van der Waals surface area contributed by atoms with Crippen molar-refractivity contribution in [2.24, 2.45) is 0 Å². The molecule has 6 nitrogen and oxygen atoms in total. The molecule has 0 amide bonds. The Balaban J connectivity index is 1.80. The predicted molar refractivity (Wildman–Crippen MR) is 82.7 cm³/mol. The lowest BCUT2D eigenvalue weighted by molar-refractivity contribution is 0.117. The molecule has 0 saturated carbocycles. The Labute approximate surface area is 129 Å². The van der Waals surface area contributed by atoms with Crippen LogP contribution >= 0.6 is 0 Å². The number of hydrogen-bond acceptors (Lipinski definition) is 5. The summed E-state index contributed by atoms with van der Waals surface area (Å²) in [6.07, 6.45) is -0.721. The highest BCUT2D eigenvalue weighted by atomic mass is 32.2. The Bertz CT molecular complexity index is 686. The molecule has 0 bridgehead atoms. The third-order valence-electron chi connectivity index (χ3n) is 2.88. The second kappa shape index (κ2) is 7.26. The number of para-hydroxylation sites is 1. The van der Waals surface area contributed by atoms with E-state index in [1.807, 2.05) is 18.2 Å². The van der Waals surface area contributed by atoms with Crippen LogP contribution in [-0.2, 0) is 10.1 Å². The maximum atomic E-state index is 10.9. The summed E-state index contributed by atoms with van der Waals surface area (Å²) in [5.41, 5.74) is 0.631. The molecule has 118 valence electrons. The molecule has 2 aromatic rings. The van der Waals surface area contributed by atoms with Crippen molar-refractivity contribution < 1.29 is 22.8 Å². The number of rotatable bonds is 7. The van der Waals surface area contributed by atoms with Crippen LogP contribution in [0.1, 0.15) is 0 Å². The lowest BCUT2D eigenvalue weighted by Crippen LogP contribution is -2.26. The topological polar surface area (TPSA) is 95.9 Å². The summed E-state index contributed by atoms with van der Waals surface area (Å²) in [5, 5.41) is 12.8. The van der Waals surface area contributed by atoms with Gasteiger partial charge in [-0.1, -0.05) is 18.2 Å². The van der Waals surface area contributed by atoms with E-state index < -0.39 is 16.2 Å². The van der Waals surface area contributed by atoms with Crippen LogP contribution in [0.3, 0.4) is 0 Å². The lowest BCUT2D eigenvalue weighted by Gasteiger charge is -2.14. The van der Waals surface area contributed by atoms with Crippen molar-refractivity contribution in [3.63, 3.8) is 0 Å². The number of anilines is 1. The second-order valence-corrected chi connectivity index (χ2v) is 6.08. The molecule has 0 heterocycles. The summed E-state index contributed by atoms with van der Waals surface area (Å²) in [7, 11) is -4.19. The smallest absolute Gasteiger partial charge is 0.294 e. The largest absolute Gasteiger partial charge is 0.491 e. The van der Waals surface area contributed by atoms with Crippen LogP contribution in [0.2, 0.25) is 0 Å². The Hall–Kier alpha value is -2.09. The Kier molecular flexibility index (Phi) is 5.37. The van der Waals surface area contributed by atoms with Crippen LogP contribution < -0.4 is 10.1 Å². The van der Waals surface area contributed by atoms with Crippen LogP contribution in [0.15, 0.2) is 59.5 Å². The fourth-order valence-electron chi connectivity index (χ4n) is 1.75. The van der Waals surface area contributed by atoms with Crippen molar-refractivity contribution in [1.82, 2.24) is 0 Å². The van der Waals surface area contributed by atoms with E-state index in [4.69, 9.17) is 9.29 Å². The second-order valence-electron chi connectivity index (χ2n) is 4.66. The summed E-state index contributed by atoms with van der Waals surface area (Å²) in [6.45, 7) is 0.387. The first-order valence-corrected chi connectivity index (χ1v) is 8.06. The highest BCUT2D eigenvalue weighted by molar-refractivity contribution is 7.85. The quantitative estimate of drug-likeness (QED) is 0.672. The molecular formula is C15H17NO5S. The van der Waals surface area contributed by atoms with E-state index in [0.29, 0.717) is 11.4 Å². The van der Waals surface area contributed by atoms with Gasteiger partial charge in [-0.25, -0.2) is 0 Å². The third kappa shape index (κ3) is 5.03. The van der Waals surface area contributed by atoms with Gasteiger partial charge in [0.25, 0.3) is 10.1 Å². The van der Waals surface area contributed by atoms with E-state index in [1.165, 1.54) is 24.3 Å². The highest BCUT2D eigenvalue weighted by Gasteiger charge is 2.09. The van der Waals surface area contributed by atoms with Gasteiger partial charge in [0.1, 0.15) is 18.5 Å². The summed E-state index contributed by atoms with van der Waals surface area (Å²) in [5.74, 6) is 0.680. The molecule has 2 aromatic carbocycles. The van der Waals surface area contributed by atoms with Crippen LogP contribution in [0.4, 0.5) is 5.69 Å². The van der Waals surface area contributed by atoms with Crippen LogP contribution in [0, 0.1) is 0 Å². The number of hydrogen-bond donors (Lipinski definition) is 3. The molecule has 22 heavy (non-hydrogen) atoms. The molecule has 0 aliphatic heterocycles. The number of nitrogens with one attached hydrogen (secondary N) is 1. The molecule has 0 saturated heterocycles. The van der Waals surface area contributed by atoms with E-state index in [-0.39, 0.29) is 18.0 Å². The molecule has 3 N–H and O–H groups in total. The maximum Gasteiger partial charge on any atom is 0.294 e. The maximum absolute atomic E-state index is 10.9. The molecule has 0 unspecified atom stereocenters. The zero-order valence-corrected chi connectivity index (χ0v) is 12.5. The fourth-order valence-corrected chi connectivity index (χ4v) is 2.23. The van der Waals surface area contributed by atoms with E-state index >= 15 is 0 Å². The van der Waals surface area contributed by atoms with Gasteiger partial charge < -0.3 is 15.2 Å². The first-order valence-electron chi connectivity index (χ1n) is 6.62.